The number of halogens is 1. The third-order valence-electron chi connectivity index (χ3n) is 3.64. The van der Waals surface area contributed by atoms with Gasteiger partial charge in [-0.1, -0.05) is 19.8 Å². The van der Waals surface area contributed by atoms with Gasteiger partial charge in [-0.2, -0.15) is 4.39 Å². The maximum absolute atomic E-state index is 12.6. The predicted molar refractivity (Wildman–Crippen MR) is 69.1 cm³/mol. The van der Waals surface area contributed by atoms with Gasteiger partial charge < -0.3 is 10.4 Å². The first-order valence-electron chi connectivity index (χ1n) is 6.61. The summed E-state index contributed by atoms with van der Waals surface area (Å²) in [6.07, 6.45) is 4.70. The van der Waals surface area contributed by atoms with Crippen molar-refractivity contribution in [1.82, 2.24) is 10.3 Å². The van der Waals surface area contributed by atoms with E-state index in [4.69, 9.17) is 0 Å². The zero-order valence-corrected chi connectivity index (χ0v) is 11.0. The van der Waals surface area contributed by atoms with Crippen molar-refractivity contribution in [2.24, 2.45) is 5.92 Å². The Morgan fingerprint density at radius 2 is 2.42 bits per heavy atom. The van der Waals surface area contributed by atoms with Gasteiger partial charge in [-0.15, -0.1) is 0 Å². The van der Waals surface area contributed by atoms with E-state index >= 15 is 0 Å². The molecule has 1 aromatic rings. The molecular formula is C14H19FN2O2. The summed E-state index contributed by atoms with van der Waals surface area (Å²) in [6, 6.07) is 2.53. The van der Waals surface area contributed by atoms with Crippen LogP contribution in [-0.4, -0.2) is 28.1 Å². The zero-order chi connectivity index (χ0) is 13.9. The number of aliphatic hydroxyl groups is 1. The predicted octanol–water partition coefficient (Wildman–Crippen LogP) is 1.89. The Morgan fingerprint density at radius 1 is 1.63 bits per heavy atom. The molecule has 1 fully saturated rings. The molecule has 2 rings (SSSR count). The maximum atomic E-state index is 12.6. The minimum Gasteiger partial charge on any atom is -0.388 e. The summed E-state index contributed by atoms with van der Waals surface area (Å²) in [4.78, 5) is 15.3. The minimum atomic E-state index is -0.819. The van der Waals surface area contributed by atoms with Gasteiger partial charge in [0.15, 0.2) is 0 Å². The molecule has 5 heteroatoms. The van der Waals surface area contributed by atoms with E-state index in [-0.39, 0.29) is 12.5 Å². The lowest BCUT2D eigenvalue weighted by atomic mass is 9.79. The Labute approximate surface area is 112 Å². The molecule has 1 saturated carbocycles. The van der Waals surface area contributed by atoms with Crippen molar-refractivity contribution in [3.8, 4) is 0 Å². The molecule has 0 bridgehead atoms. The van der Waals surface area contributed by atoms with E-state index in [0.717, 1.165) is 18.9 Å². The van der Waals surface area contributed by atoms with E-state index < -0.39 is 11.5 Å². The van der Waals surface area contributed by atoms with E-state index in [9.17, 15) is 14.3 Å². The summed E-state index contributed by atoms with van der Waals surface area (Å²) in [6.45, 7) is 2.34. The summed E-state index contributed by atoms with van der Waals surface area (Å²) in [5, 5.41) is 13.1. The van der Waals surface area contributed by atoms with E-state index in [0.29, 0.717) is 24.3 Å². The van der Waals surface area contributed by atoms with Crippen LogP contribution in [0, 0.1) is 11.9 Å². The molecule has 0 saturated heterocycles. The Kier molecular flexibility index (Phi) is 4.14. The average molecular weight is 266 g/mol. The number of rotatable bonds is 3. The molecule has 2 unspecified atom stereocenters. The van der Waals surface area contributed by atoms with Gasteiger partial charge in [0.05, 0.1) is 11.2 Å². The maximum Gasteiger partial charge on any atom is 0.252 e. The van der Waals surface area contributed by atoms with Gasteiger partial charge >= 0.3 is 0 Å². The van der Waals surface area contributed by atoms with Crippen LogP contribution in [0.5, 0.6) is 0 Å². The molecule has 19 heavy (non-hydrogen) atoms. The fourth-order valence-corrected chi connectivity index (χ4v) is 2.65. The Morgan fingerprint density at radius 3 is 3.05 bits per heavy atom. The molecule has 1 heterocycles. The smallest absolute Gasteiger partial charge is 0.252 e. The summed E-state index contributed by atoms with van der Waals surface area (Å²) < 4.78 is 12.6. The molecule has 2 N–H and O–H groups in total. The molecule has 0 spiro atoms. The van der Waals surface area contributed by atoms with Crippen molar-refractivity contribution >= 4 is 5.91 Å². The highest BCUT2D eigenvalue weighted by Crippen LogP contribution is 2.31. The van der Waals surface area contributed by atoms with Gasteiger partial charge in [0.25, 0.3) is 5.91 Å². The van der Waals surface area contributed by atoms with Crippen LogP contribution in [-0.2, 0) is 0 Å². The fraction of sp³-hybridized carbons (Fsp3) is 0.571. The lowest BCUT2D eigenvalue weighted by Crippen LogP contribution is -2.45. The largest absolute Gasteiger partial charge is 0.388 e. The first-order chi connectivity index (χ1) is 8.98. The number of carbonyl (C=O) groups excluding carboxylic acids is 1. The molecule has 1 amide bonds. The summed E-state index contributed by atoms with van der Waals surface area (Å²) in [5.74, 6) is -0.474. The van der Waals surface area contributed by atoms with E-state index in [1.54, 1.807) is 0 Å². The summed E-state index contributed by atoms with van der Waals surface area (Å²) >= 11 is 0. The van der Waals surface area contributed by atoms with Crippen LogP contribution >= 0.6 is 0 Å². The number of nitrogens with zero attached hydrogens (tertiary/aromatic N) is 1. The summed E-state index contributed by atoms with van der Waals surface area (Å²) in [5.41, 5.74) is -0.519. The molecular weight excluding hydrogens is 247 g/mol. The number of hydrogen-bond acceptors (Lipinski definition) is 3. The first-order valence-corrected chi connectivity index (χ1v) is 6.61. The number of aromatic nitrogens is 1. The molecule has 104 valence electrons. The Bertz CT molecular complexity index is 449. The van der Waals surface area contributed by atoms with Crippen molar-refractivity contribution in [1.29, 1.82) is 0 Å². The highest BCUT2D eigenvalue weighted by atomic mass is 19.1. The van der Waals surface area contributed by atoms with Crippen LogP contribution in [0.4, 0.5) is 4.39 Å². The normalized spacial score (nSPS) is 27.0. The van der Waals surface area contributed by atoms with E-state index in [2.05, 4.69) is 17.2 Å². The molecule has 1 aromatic heterocycles. The van der Waals surface area contributed by atoms with Gasteiger partial charge in [-0.25, -0.2) is 4.98 Å². The van der Waals surface area contributed by atoms with Crippen LogP contribution in [0.25, 0.3) is 0 Å². The number of hydrogen-bond donors (Lipinski definition) is 2. The van der Waals surface area contributed by atoms with Crippen LogP contribution in [0.1, 0.15) is 43.0 Å². The third kappa shape index (κ3) is 3.73. The van der Waals surface area contributed by atoms with Gasteiger partial charge in [0, 0.05) is 12.7 Å². The van der Waals surface area contributed by atoms with Crippen molar-refractivity contribution in [2.45, 2.75) is 38.2 Å². The lowest BCUT2D eigenvalue weighted by Gasteiger charge is -2.35. The number of carbonyl (C=O) groups is 1. The number of amides is 1. The van der Waals surface area contributed by atoms with Crippen LogP contribution in [0.2, 0.25) is 0 Å². The topological polar surface area (TPSA) is 62.2 Å². The van der Waals surface area contributed by atoms with Gasteiger partial charge in [0.1, 0.15) is 0 Å². The van der Waals surface area contributed by atoms with Crippen molar-refractivity contribution in [3.63, 3.8) is 0 Å². The van der Waals surface area contributed by atoms with E-state index in [1.165, 1.54) is 12.3 Å². The average Bonchev–Trinajstić information content (AvgIpc) is 2.37. The lowest BCUT2D eigenvalue weighted by molar-refractivity contribution is -0.0109. The fourth-order valence-electron chi connectivity index (χ4n) is 2.65. The third-order valence-corrected chi connectivity index (χ3v) is 3.64. The van der Waals surface area contributed by atoms with E-state index in [1.807, 2.05) is 0 Å². The second-order valence-corrected chi connectivity index (χ2v) is 5.48. The Hall–Kier alpha value is -1.49. The molecule has 0 aliphatic heterocycles. The number of pyridine rings is 1. The first kappa shape index (κ1) is 13.9. The second kappa shape index (κ2) is 5.65. The van der Waals surface area contributed by atoms with Crippen LogP contribution < -0.4 is 5.32 Å². The van der Waals surface area contributed by atoms with Crippen molar-refractivity contribution in [3.05, 3.63) is 29.8 Å². The zero-order valence-electron chi connectivity index (χ0n) is 11.0. The number of nitrogens with one attached hydrogen (secondary N) is 1. The molecule has 1 aliphatic carbocycles. The highest BCUT2D eigenvalue weighted by molar-refractivity contribution is 5.93. The molecule has 0 aromatic carbocycles. The molecule has 0 radical (unpaired) electrons. The molecule has 1 aliphatic rings. The molecule has 2 atom stereocenters. The monoisotopic (exact) mass is 266 g/mol. The summed E-state index contributed by atoms with van der Waals surface area (Å²) in [7, 11) is 0. The minimum absolute atomic E-state index is 0.230. The van der Waals surface area contributed by atoms with Gasteiger partial charge in [-0.3, -0.25) is 4.79 Å². The van der Waals surface area contributed by atoms with Crippen LogP contribution in [0.3, 0.4) is 0 Å². The van der Waals surface area contributed by atoms with Gasteiger partial charge in [-0.05, 0) is 30.9 Å². The van der Waals surface area contributed by atoms with Gasteiger partial charge in [0.2, 0.25) is 5.95 Å². The molecule has 4 nitrogen and oxygen atoms in total. The van der Waals surface area contributed by atoms with Crippen molar-refractivity contribution < 1.29 is 14.3 Å². The second-order valence-electron chi connectivity index (χ2n) is 5.48. The van der Waals surface area contributed by atoms with Crippen LogP contribution in [0.15, 0.2) is 18.3 Å². The Balaban J connectivity index is 1.91. The van der Waals surface area contributed by atoms with Crippen molar-refractivity contribution in [2.75, 3.05) is 6.54 Å². The SMILES string of the molecule is CC1CCCC(O)(CNC(=O)c2ccc(F)nc2)C1. The quantitative estimate of drug-likeness (QED) is 0.821. The highest BCUT2D eigenvalue weighted by Gasteiger charge is 2.32. The standard InChI is InChI=1S/C14H19FN2O2/c1-10-3-2-6-14(19,7-10)9-17-13(18)11-4-5-12(15)16-8-11/h4-5,8,10,19H,2-3,6-7,9H2,1H3,(H,17,18).